The normalized spacial score (nSPS) is 9.74. The fourth-order valence-electron chi connectivity index (χ4n) is 1.64. The van der Waals surface area contributed by atoms with Crippen molar-refractivity contribution in [1.82, 2.24) is 9.97 Å². The number of benzene rings is 1. The second-order valence-corrected chi connectivity index (χ2v) is 4.19. The van der Waals surface area contributed by atoms with E-state index in [2.05, 4.69) is 20.6 Å². The van der Waals surface area contributed by atoms with Crippen LogP contribution in [0.5, 0.6) is 0 Å². The standard InChI is InChI=1S/C14H15N5/c1-10-3-5-12(6-4-10)19-14-9-13(16-8-7-15)17-11(2)18-14/h3-6,9H,8H2,1-2H3,(H2,16,17,18,19). The van der Waals surface area contributed by atoms with Crippen LogP contribution >= 0.6 is 0 Å². The van der Waals surface area contributed by atoms with E-state index in [0.717, 1.165) is 5.69 Å². The maximum absolute atomic E-state index is 8.56. The van der Waals surface area contributed by atoms with Gasteiger partial charge >= 0.3 is 0 Å². The molecule has 0 atom stereocenters. The van der Waals surface area contributed by atoms with Crippen LogP contribution in [0.3, 0.4) is 0 Å². The summed E-state index contributed by atoms with van der Waals surface area (Å²) >= 11 is 0. The van der Waals surface area contributed by atoms with Crippen molar-refractivity contribution in [2.45, 2.75) is 13.8 Å². The van der Waals surface area contributed by atoms with E-state index in [9.17, 15) is 0 Å². The molecule has 1 heterocycles. The third kappa shape index (κ3) is 3.68. The Kier molecular flexibility index (Phi) is 3.94. The van der Waals surface area contributed by atoms with Gasteiger partial charge in [-0.2, -0.15) is 5.26 Å². The number of hydrogen-bond donors (Lipinski definition) is 2. The van der Waals surface area contributed by atoms with E-state index in [0.29, 0.717) is 17.5 Å². The SMILES string of the molecule is Cc1ccc(Nc2cc(NCC#N)nc(C)n2)cc1. The van der Waals surface area contributed by atoms with E-state index in [1.165, 1.54) is 5.56 Å². The second kappa shape index (κ2) is 5.83. The van der Waals surface area contributed by atoms with Crippen LogP contribution in [0.25, 0.3) is 0 Å². The number of hydrogen-bond acceptors (Lipinski definition) is 5. The maximum Gasteiger partial charge on any atom is 0.136 e. The molecule has 19 heavy (non-hydrogen) atoms. The van der Waals surface area contributed by atoms with Crippen molar-refractivity contribution in [3.63, 3.8) is 0 Å². The van der Waals surface area contributed by atoms with Gasteiger partial charge in [0.1, 0.15) is 24.0 Å². The molecule has 0 saturated heterocycles. The molecule has 0 aliphatic carbocycles. The first-order valence-corrected chi connectivity index (χ1v) is 5.97. The molecule has 0 fully saturated rings. The first kappa shape index (κ1) is 12.8. The molecule has 0 radical (unpaired) electrons. The number of aromatic nitrogens is 2. The summed E-state index contributed by atoms with van der Waals surface area (Å²) < 4.78 is 0. The average molecular weight is 253 g/mol. The van der Waals surface area contributed by atoms with E-state index in [1.807, 2.05) is 44.2 Å². The van der Waals surface area contributed by atoms with Crippen LogP contribution in [0.15, 0.2) is 30.3 Å². The van der Waals surface area contributed by atoms with Crippen molar-refractivity contribution in [2.75, 3.05) is 17.2 Å². The summed E-state index contributed by atoms with van der Waals surface area (Å²) in [6, 6.07) is 11.9. The van der Waals surface area contributed by atoms with E-state index >= 15 is 0 Å². The molecule has 2 aromatic rings. The first-order valence-electron chi connectivity index (χ1n) is 5.97. The van der Waals surface area contributed by atoms with Gasteiger partial charge in [0.2, 0.25) is 0 Å². The lowest BCUT2D eigenvalue weighted by Crippen LogP contribution is -2.04. The molecule has 0 spiro atoms. The average Bonchev–Trinajstić information content (AvgIpc) is 2.38. The summed E-state index contributed by atoms with van der Waals surface area (Å²) in [5, 5.41) is 14.7. The molecule has 5 nitrogen and oxygen atoms in total. The number of nitrogens with one attached hydrogen (secondary N) is 2. The summed E-state index contributed by atoms with van der Waals surface area (Å²) in [4.78, 5) is 8.53. The van der Waals surface area contributed by atoms with Gasteiger partial charge < -0.3 is 10.6 Å². The van der Waals surface area contributed by atoms with Gasteiger partial charge in [0, 0.05) is 11.8 Å². The zero-order valence-corrected chi connectivity index (χ0v) is 10.9. The highest BCUT2D eigenvalue weighted by Crippen LogP contribution is 2.17. The number of nitriles is 1. The minimum atomic E-state index is 0.223. The highest BCUT2D eigenvalue weighted by Gasteiger charge is 2.02. The molecule has 96 valence electrons. The first-order chi connectivity index (χ1) is 9.17. The monoisotopic (exact) mass is 253 g/mol. The topological polar surface area (TPSA) is 73.6 Å². The third-order valence-electron chi connectivity index (χ3n) is 2.51. The lowest BCUT2D eigenvalue weighted by atomic mass is 10.2. The molecule has 2 rings (SSSR count). The van der Waals surface area contributed by atoms with Gasteiger partial charge in [-0.1, -0.05) is 17.7 Å². The van der Waals surface area contributed by atoms with Crippen LogP contribution in [0, 0.1) is 25.2 Å². The summed E-state index contributed by atoms with van der Waals surface area (Å²) in [6.07, 6.45) is 0. The van der Waals surface area contributed by atoms with E-state index in [4.69, 9.17) is 5.26 Å². The smallest absolute Gasteiger partial charge is 0.136 e. The van der Waals surface area contributed by atoms with Crippen molar-refractivity contribution in [1.29, 1.82) is 5.26 Å². The number of aryl methyl sites for hydroxylation is 2. The lowest BCUT2D eigenvalue weighted by molar-refractivity contribution is 1.05. The van der Waals surface area contributed by atoms with E-state index in [-0.39, 0.29) is 6.54 Å². The Balaban J connectivity index is 2.17. The summed E-state index contributed by atoms with van der Waals surface area (Å²) in [7, 11) is 0. The van der Waals surface area contributed by atoms with Gasteiger partial charge in [-0.15, -0.1) is 0 Å². The van der Waals surface area contributed by atoms with Crippen LogP contribution in [0.1, 0.15) is 11.4 Å². The Labute approximate surface area is 112 Å². The van der Waals surface area contributed by atoms with Gasteiger partial charge in [-0.3, -0.25) is 0 Å². The van der Waals surface area contributed by atoms with Gasteiger partial charge in [0.05, 0.1) is 6.07 Å². The molecule has 1 aromatic heterocycles. The van der Waals surface area contributed by atoms with Gasteiger partial charge in [0.25, 0.3) is 0 Å². The summed E-state index contributed by atoms with van der Waals surface area (Å²) in [6.45, 7) is 4.08. The van der Waals surface area contributed by atoms with Crippen LogP contribution in [0.4, 0.5) is 17.3 Å². The molecule has 0 amide bonds. The minimum Gasteiger partial charge on any atom is -0.357 e. The van der Waals surface area contributed by atoms with Crippen LogP contribution in [-0.2, 0) is 0 Å². The second-order valence-electron chi connectivity index (χ2n) is 4.19. The Morgan fingerprint density at radius 2 is 1.79 bits per heavy atom. The molecule has 0 aliphatic heterocycles. The molecular formula is C14H15N5. The minimum absolute atomic E-state index is 0.223. The molecule has 0 unspecified atom stereocenters. The molecule has 0 saturated carbocycles. The van der Waals surface area contributed by atoms with Crippen molar-refractivity contribution < 1.29 is 0 Å². The van der Waals surface area contributed by atoms with Crippen LogP contribution in [-0.4, -0.2) is 16.5 Å². The predicted octanol–water partition coefficient (Wildman–Crippen LogP) is 2.77. The number of anilines is 3. The largest absolute Gasteiger partial charge is 0.357 e. The fraction of sp³-hybridized carbons (Fsp3) is 0.214. The third-order valence-corrected chi connectivity index (χ3v) is 2.51. The van der Waals surface area contributed by atoms with Crippen LogP contribution < -0.4 is 10.6 Å². The Morgan fingerprint density at radius 1 is 1.11 bits per heavy atom. The quantitative estimate of drug-likeness (QED) is 0.819. The number of rotatable bonds is 4. The Bertz CT molecular complexity index is 598. The Morgan fingerprint density at radius 3 is 2.47 bits per heavy atom. The molecule has 0 aliphatic rings. The Hall–Kier alpha value is -2.61. The summed E-state index contributed by atoms with van der Waals surface area (Å²) in [5.74, 6) is 2.00. The predicted molar refractivity (Wildman–Crippen MR) is 75.3 cm³/mol. The molecule has 1 aromatic carbocycles. The van der Waals surface area contributed by atoms with Crippen molar-refractivity contribution in [2.24, 2.45) is 0 Å². The molecular weight excluding hydrogens is 238 g/mol. The molecule has 0 bridgehead atoms. The van der Waals surface area contributed by atoms with Crippen molar-refractivity contribution in [3.05, 3.63) is 41.7 Å². The van der Waals surface area contributed by atoms with Gasteiger partial charge in [-0.05, 0) is 26.0 Å². The molecule has 2 N–H and O–H groups in total. The zero-order chi connectivity index (χ0) is 13.7. The number of nitrogens with zero attached hydrogens (tertiary/aromatic N) is 3. The van der Waals surface area contributed by atoms with Gasteiger partial charge in [0.15, 0.2) is 0 Å². The molecule has 5 heteroatoms. The fourth-order valence-corrected chi connectivity index (χ4v) is 1.64. The lowest BCUT2D eigenvalue weighted by Gasteiger charge is -2.09. The van der Waals surface area contributed by atoms with E-state index in [1.54, 1.807) is 6.07 Å². The highest BCUT2D eigenvalue weighted by molar-refractivity contribution is 5.59. The maximum atomic E-state index is 8.56. The van der Waals surface area contributed by atoms with Crippen LogP contribution in [0.2, 0.25) is 0 Å². The highest BCUT2D eigenvalue weighted by atomic mass is 15.1. The summed E-state index contributed by atoms with van der Waals surface area (Å²) in [5.41, 5.74) is 2.18. The van der Waals surface area contributed by atoms with E-state index < -0.39 is 0 Å². The van der Waals surface area contributed by atoms with Gasteiger partial charge in [-0.25, -0.2) is 9.97 Å². The zero-order valence-electron chi connectivity index (χ0n) is 10.9. The van der Waals surface area contributed by atoms with Crippen molar-refractivity contribution in [3.8, 4) is 6.07 Å². The van der Waals surface area contributed by atoms with Crippen molar-refractivity contribution >= 4 is 17.3 Å².